The SMILES string of the molecule is CCCCCCCCCCC(c1nccn1CCCCCCCCC)C(C)(Cc1ccccc1)c1ccccc1. The fourth-order valence-corrected chi connectivity index (χ4v) is 6.54. The molecule has 0 spiro atoms. The predicted octanol–water partition coefficient (Wildman–Crippen LogP) is 11.4. The third kappa shape index (κ3) is 10.6. The zero-order valence-electron chi connectivity index (χ0n) is 26.1. The summed E-state index contributed by atoms with van der Waals surface area (Å²) in [6.07, 6.45) is 26.8. The van der Waals surface area contributed by atoms with E-state index in [-0.39, 0.29) is 5.41 Å². The maximum Gasteiger partial charge on any atom is 0.112 e. The summed E-state index contributed by atoms with van der Waals surface area (Å²) in [5, 5.41) is 0. The van der Waals surface area contributed by atoms with Crippen LogP contribution >= 0.6 is 0 Å². The van der Waals surface area contributed by atoms with Gasteiger partial charge in [-0.15, -0.1) is 0 Å². The Morgan fingerprint density at radius 1 is 0.650 bits per heavy atom. The Hall–Kier alpha value is -2.35. The van der Waals surface area contributed by atoms with Gasteiger partial charge in [0.15, 0.2) is 0 Å². The molecule has 2 atom stereocenters. The second-order valence-corrected chi connectivity index (χ2v) is 12.4. The normalized spacial score (nSPS) is 13.8. The zero-order chi connectivity index (χ0) is 28.3. The van der Waals surface area contributed by atoms with E-state index in [9.17, 15) is 0 Å². The van der Waals surface area contributed by atoms with Gasteiger partial charge >= 0.3 is 0 Å². The van der Waals surface area contributed by atoms with Crippen molar-refractivity contribution in [1.82, 2.24) is 9.55 Å². The third-order valence-electron chi connectivity index (χ3n) is 9.02. The predicted molar refractivity (Wildman–Crippen MR) is 174 cm³/mol. The summed E-state index contributed by atoms with van der Waals surface area (Å²) in [5.41, 5.74) is 2.83. The van der Waals surface area contributed by atoms with Gasteiger partial charge in [-0.25, -0.2) is 4.98 Å². The average Bonchev–Trinajstić information content (AvgIpc) is 3.44. The van der Waals surface area contributed by atoms with Crippen LogP contribution in [0.1, 0.15) is 146 Å². The van der Waals surface area contributed by atoms with Gasteiger partial charge in [0.25, 0.3) is 0 Å². The van der Waals surface area contributed by atoms with Gasteiger partial charge in [-0.05, 0) is 30.4 Å². The molecule has 2 heteroatoms. The molecule has 2 unspecified atom stereocenters. The number of rotatable bonds is 22. The number of unbranched alkanes of at least 4 members (excludes halogenated alkanes) is 13. The topological polar surface area (TPSA) is 17.8 Å². The lowest BCUT2D eigenvalue weighted by Crippen LogP contribution is -2.35. The Morgan fingerprint density at radius 3 is 1.77 bits per heavy atom. The summed E-state index contributed by atoms with van der Waals surface area (Å²) in [6, 6.07) is 22.4. The lowest BCUT2D eigenvalue weighted by molar-refractivity contribution is 0.321. The first-order valence-electron chi connectivity index (χ1n) is 16.8. The minimum absolute atomic E-state index is 0.0208. The number of imidazole rings is 1. The Labute approximate surface area is 247 Å². The van der Waals surface area contributed by atoms with Crippen LogP contribution < -0.4 is 0 Å². The molecule has 40 heavy (non-hydrogen) atoms. The second-order valence-electron chi connectivity index (χ2n) is 12.4. The molecule has 1 aromatic heterocycles. The molecule has 2 nitrogen and oxygen atoms in total. The quantitative estimate of drug-likeness (QED) is 0.115. The van der Waals surface area contributed by atoms with E-state index in [1.807, 2.05) is 0 Å². The molecule has 0 N–H and O–H groups in total. The van der Waals surface area contributed by atoms with E-state index in [1.54, 1.807) is 0 Å². The highest BCUT2D eigenvalue weighted by atomic mass is 15.1. The summed E-state index contributed by atoms with van der Waals surface area (Å²) in [7, 11) is 0. The fraction of sp³-hybridized carbons (Fsp3) is 0.605. The fourth-order valence-electron chi connectivity index (χ4n) is 6.54. The van der Waals surface area contributed by atoms with Crippen LogP contribution in [0.2, 0.25) is 0 Å². The Kier molecular flexibility index (Phi) is 15.2. The number of hydrogen-bond donors (Lipinski definition) is 0. The first-order chi connectivity index (χ1) is 19.7. The van der Waals surface area contributed by atoms with Crippen LogP contribution in [-0.4, -0.2) is 9.55 Å². The van der Waals surface area contributed by atoms with Crippen molar-refractivity contribution in [2.24, 2.45) is 0 Å². The highest BCUT2D eigenvalue weighted by Crippen LogP contribution is 2.44. The number of benzene rings is 2. The molecule has 0 aliphatic heterocycles. The Balaban J connectivity index is 1.78. The van der Waals surface area contributed by atoms with Gasteiger partial charge in [0, 0.05) is 30.3 Å². The van der Waals surface area contributed by atoms with Crippen LogP contribution in [0.3, 0.4) is 0 Å². The van der Waals surface area contributed by atoms with Gasteiger partial charge in [-0.1, -0.05) is 171 Å². The lowest BCUT2D eigenvalue weighted by atomic mass is 9.66. The van der Waals surface area contributed by atoms with Crippen molar-refractivity contribution in [1.29, 1.82) is 0 Å². The molecule has 0 aliphatic carbocycles. The van der Waals surface area contributed by atoms with Crippen molar-refractivity contribution < 1.29 is 0 Å². The van der Waals surface area contributed by atoms with Crippen LogP contribution in [0.5, 0.6) is 0 Å². The molecule has 3 aromatic rings. The smallest absolute Gasteiger partial charge is 0.112 e. The average molecular weight is 543 g/mol. The summed E-state index contributed by atoms with van der Waals surface area (Å²) in [5.74, 6) is 1.69. The highest BCUT2D eigenvalue weighted by molar-refractivity contribution is 5.33. The van der Waals surface area contributed by atoms with Crippen LogP contribution in [0.25, 0.3) is 0 Å². The molecule has 0 saturated heterocycles. The third-order valence-corrected chi connectivity index (χ3v) is 9.02. The Morgan fingerprint density at radius 2 is 1.18 bits per heavy atom. The van der Waals surface area contributed by atoms with E-state index in [1.165, 1.54) is 120 Å². The molecule has 0 saturated carbocycles. The largest absolute Gasteiger partial charge is 0.335 e. The van der Waals surface area contributed by atoms with Gasteiger partial charge in [-0.3, -0.25) is 0 Å². The number of nitrogens with zero attached hydrogens (tertiary/aromatic N) is 2. The number of aromatic nitrogens is 2. The molecule has 0 amide bonds. The van der Waals surface area contributed by atoms with Crippen molar-refractivity contribution in [3.8, 4) is 0 Å². The van der Waals surface area contributed by atoms with E-state index in [4.69, 9.17) is 4.98 Å². The van der Waals surface area contributed by atoms with Gasteiger partial charge in [0.1, 0.15) is 5.82 Å². The van der Waals surface area contributed by atoms with Gasteiger partial charge in [0.2, 0.25) is 0 Å². The first kappa shape index (κ1) is 32.2. The van der Waals surface area contributed by atoms with E-state index >= 15 is 0 Å². The molecule has 220 valence electrons. The molecule has 2 aromatic carbocycles. The molecule has 3 rings (SSSR count). The highest BCUT2D eigenvalue weighted by Gasteiger charge is 2.39. The molecular weight excluding hydrogens is 484 g/mol. The minimum Gasteiger partial charge on any atom is -0.335 e. The molecule has 0 fully saturated rings. The second kappa shape index (κ2) is 18.9. The molecular formula is C38H58N2. The van der Waals surface area contributed by atoms with Crippen LogP contribution in [0, 0.1) is 0 Å². The maximum atomic E-state index is 5.10. The van der Waals surface area contributed by atoms with Crippen LogP contribution in [0.4, 0.5) is 0 Å². The maximum absolute atomic E-state index is 5.10. The van der Waals surface area contributed by atoms with Gasteiger partial charge < -0.3 is 4.57 Å². The zero-order valence-corrected chi connectivity index (χ0v) is 26.1. The summed E-state index contributed by atoms with van der Waals surface area (Å²) >= 11 is 0. The monoisotopic (exact) mass is 542 g/mol. The van der Waals surface area contributed by atoms with Crippen molar-refractivity contribution in [3.63, 3.8) is 0 Å². The molecule has 0 radical (unpaired) electrons. The minimum atomic E-state index is -0.0208. The van der Waals surface area contributed by atoms with E-state index in [2.05, 4.69) is 98.4 Å². The van der Waals surface area contributed by atoms with E-state index in [0.717, 1.165) is 13.0 Å². The first-order valence-corrected chi connectivity index (χ1v) is 16.8. The van der Waals surface area contributed by atoms with Crippen LogP contribution in [-0.2, 0) is 18.4 Å². The summed E-state index contributed by atoms with van der Waals surface area (Å²) in [4.78, 5) is 5.10. The van der Waals surface area contributed by atoms with Gasteiger partial charge in [-0.2, -0.15) is 0 Å². The van der Waals surface area contributed by atoms with Crippen LogP contribution in [0.15, 0.2) is 73.1 Å². The van der Waals surface area contributed by atoms with Gasteiger partial charge in [0.05, 0.1) is 0 Å². The van der Waals surface area contributed by atoms with E-state index in [0.29, 0.717) is 5.92 Å². The Bertz CT molecular complexity index is 1010. The molecule has 1 heterocycles. The number of hydrogen-bond acceptors (Lipinski definition) is 1. The van der Waals surface area contributed by atoms with Crippen molar-refractivity contribution in [2.45, 2.75) is 148 Å². The molecule has 0 aliphatic rings. The lowest BCUT2D eigenvalue weighted by Gasteiger charge is -2.39. The standard InChI is InChI=1S/C38H58N2/c1-4-6-8-10-12-13-15-23-29-36(37-39-30-32-40(37)31-24-16-14-11-9-7-5-2)38(3,35-27-21-18-22-28-35)33-34-25-19-17-20-26-34/h17-22,25-28,30,32,36H,4-16,23-24,29,31,33H2,1-3H3. The van der Waals surface area contributed by atoms with Crippen molar-refractivity contribution in [3.05, 3.63) is 90.0 Å². The molecule has 0 bridgehead atoms. The summed E-state index contributed by atoms with van der Waals surface area (Å²) in [6.45, 7) is 8.20. The van der Waals surface area contributed by atoms with Crippen molar-refractivity contribution in [2.75, 3.05) is 0 Å². The summed E-state index contributed by atoms with van der Waals surface area (Å²) < 4.78 is 2.51. The van der Waals surface area contributed by atoms with Crippen molar-refractivity contribution >= 4 is 0 Å². The number of aryl methyl sites for hydroxylation is 1. The van der Waals surface area contributed by atoms with E-state index < -0.39 is 0 Å².